The van der Waals surface area contributed by atoms with Crippen LogP contribution in [0.15, 0.2) is 30.3 Å². The minimum Gasteiger partial charge on any atom is -0.481 e. The fourth-order valence-corrected chi connectivity index (χ4v) is 2.75. The van der Waals surface area contributed by atoms with Gasteiger partial charge in [-0.2, -0.15) is 0 Å². The van der Waals surface area contributed by atoms with Gasteiger partial charge in [0, 0.05) is 39.6 Å². The molecule has 1 fully saturated rings. The second-order valence-corrected chi connectivity index (χ2v) is 6.20. The number of hydrogen-bond donors (Lipinski definition) is 1. The molecule has 0 spiro atoms. The maximum Gasteiger partial charge on any atom is 0.307 e. The Kier molecular flexibility index (Phi) is 7.21. The van der Waals surface area contributed by atoms with Crippen LogP contribution in [0.1, 0.15) is 12.0 Å². The molecule has 1 heterocycles. The number of morpholine rings is 1. The SMILES string of the molecule is CN(CCN1CCOCC1)C(=O)CC(Cc1ccccc1)C(=O)O. The van der Waals surface area contributed by atoms with Crippen molar-refractivity contribution in [1.82, 2.24) is 9.80 Å². The van der Waals surface area contributed by atoms with Gasteiger partial charge in [0.25, 0.3) is 0 Å². The molecule has 2 rings (SSSR count). The van der Waals surface area contributed by atoms with Gasteiger partial charge in [-0.1, -0.05) is 30.3 Å². The number of carbonyl (C=O) groups excluding carboxylic acids is 1. The normalized spacial score (nSPS) is 16.5. The Hall–Kier alpha value is -1.92. The first kappa shape index (κ1) is 18.4. The van der Waals surface area contributed by atoms with Crippen molar-refractivity contribution in [3.05, 3.63) is 35.9 Å². The molecule has 1 aromatic carbocycles. The zero-order valence-corrected chi connectivity index (χ0v) is 14.2. The van der Waals surface area contributed by atoms with Crippen LogP contribution < -0.4 is 0 Å². The number of ether oxygens (including phenoxy) is 1. The lowest BCUT2D eigenvalue weighted by Gasteiger charge is -2.29. The van der Waals surface area contributed by atoms with Crippen molar-refractivity contribution in [3.8, 4) is 0 Å². The van der Waals surface area contributed by atoms with E-state index in [1.165, 1.54) is 0 Å². The molecule has 6 nitrogen and oxygen atoms in total. The summed E-state index contributed by atoms with van der Waals surface area (Å²) >= 11 is 0. The summed E-state index contributed by atoms with van der Waals surface area (Å²) in [7, 11) is 1.74. The van der Waals surface area contributed by atoms with E-state index in [1.807, 2.05) is 30.3 Å². The molecule has 1 saturated heterocycles. The number of hydrogen-bond acceptors (Lipinski definition) is 4. The second kappa shape index (κ2) is 9.39. The molecule has 0 aliphatic carbocycles. The quantitative estimate of drug-likeness (QED) is 0.771. The molecule has 1 amide bonds. The lowest BCUT2D eigenvalue weighted by atomic mass is 9.96. The predicted molar refractivity (Wildman–Crippen MR) is 90.8 cm³/mol. The molecular weight excluding hydrogens is 308 g/mol. The Morgan fingerprint density at radius 3 is 2.54 bits per heavy atom. The molecule has 1 aromatic rings. The Bertz CT molecular complexity index is 529. The van der Waals surface area contributed by atoms with Crippen LogP contribution in [-0.2, 0) is 20.7 Å². The Labute approximate surface area is 143 Å². The number of carboxylic acids is 1. The van der Waals surface area contributed by atoms with Gasteiger partial charge in [0.2, 0.25) is 5.91 Å². The minimum atomic E-state index is -0.922. The molecule has 0 bridgehead atoms. The summed E-state index contributed by atoms with van der Waals surface area (Å²) in [6, 6.07) is 9.43. The van der Waals surface area contributed by atoms with Gasteiger partial charge >= 0.3 is 5.97 Å². The first-order chi connectivity index (χ1) is 11.6. The van der Waals surface area contributed by atoms with E-state index >= 15 is 0 Å². The molecule has 132 valence electrons. The lowest BCUT2D eigenvalue weighted by Crippen LogP contribution is -2.42. The number of amides is 1. The van der Waals surface area contributed by atoms with E-state index in [0.29, 0.717) is 13.0 Å². The van der Waals surface area contributed by atoms with Crippen LogP contribution >= 0.6 is 0 Å². The summed E-state index contributed by atoms with van der Waals surface area (Å²) in [6.07, 6.45) is 0.406. The third-order valence-corrected chi connectivity index (χ3v) is 4.38. The van der Waals surface area contributed by atoms with Crippen molar-refractivity contribution >= 4 is 11.9 Å². The molecule has 0 radical (unpaired) electrons. The van der Waals surface area contributed by atoms with Crippen molar-refractivity contribution in [2.45, 2.75) is 12.8 Å². The summed E-state index contributed by atoms with van der Waals surface area (Å²) in [4.78, 5) is 27.7. The molecule has 0 aromatic heterocycles. The zero-order chi connectivity index (χ0) is 17.4. The van der Waals surface area contributed by atoms with Crippen LogP contribution in [0.2, 0.25) is 0 Å². The third-order valence-electron chi connectivity index (χ3n) is 4.38. The van der Waals surface area contributed by atoms with Crippen molar-refractivity contribution in [1.29, 1.82) is 0 Å². The monoisotopic (exact) mass is 334 g/mol. The molecule has 1 aliphatic heterocycles. The van der Waals surface area contributed by atoms with E-state index in [0.717, 1.165) is 38.4 Å². The van der Waals surface area contributed by atoms with Gasteiger partial charge in [-0.05, 0) is 12.0 Å². The Balaban J connectivity index is 1.81. The van der Waals surface area contributed by atoms with E-state index < -0.39 is 11.9 Å². The average molecular weight is 334 g/mol. The molecule has 1 N–H and O–H groups in total. The fourth-order valence-electron chi connectivity index (χ4n) is 2.75. The highest BCUT2D eigenvalue weighted by atomic mass is 16.5. The van der Waals surface area contributed by atoms with Gasteiger partial charge in [0.05, 0.1) is 19.1 Å². The van der Waals surface area contributed by atoms with E-state index in [-0.39, 0.29) is 12.3 Å². The minimum absolute atomic E-state index is 0.0316. The van der Waals surface area contributed by atoms with Crippen LogP contribution in [-0.4, -0.2) is 73.2 Å². The van der Waals surface area contributed by atoms with Crippen molar-refractivity contribution < 1.29 is 19.4 Å². The summed E-state index contributed by atoms with van der Waals surface area (Å²) in [6.45, 7) is 4.63. The number of aliphatic carboxylic acids is 1. The maximum atomic E-state index is 12.3. The van der Waals surface area contributed by atoms with Gasteiger partial charge < -0.3 is 14.7 Å². The van der Waals surface area contributed by atoms with Crippen molar-refractivity contribution in [2.75, 3.05) is 46.4 Å². The standard InChI is InChI=1S/C18H26N2O4/c1-19(7-8-20-9-11-24-12-10-20)17(21)14-16(18(22)23)13-15-5-3-2-4-6-15/h2-6,16H,7-14H2,1H3,(H,22,23). The van der Waals surface area contributed by atoms with Crippen LogP contribution in [0.4, 0.5) is 0 Å². The molecule has 6 heteroatoms. The second-order valence-electron chi connectivity index (χ2n) is 6.20. The third kappa shape index (κ3) is 5.94. The van der Waals surface area contributed by atoms with E-state index in [2.05, 4.69) is 4.90 Å². The molecule has 1 aliphatic rings. The van der Waals surface area contributed by atoms with Crippen LogP contribution in [0.25, 0.3) is 0 Å². The summed E-state index contributed by atoms with van der Waals surface area (Å²) in [5, 5.41) is 9.41. The van der Waals surface area contributed by atoms with E-state index in [9.17, 15) is 14.7 Å². The highest BCUT2D eigenvalue weighted by molar-refractivity contribution is 5.82. The van der Waals surface area contributed by atoms with Gasteiger partial charge in [0.1, 0.15) is 0 Å². The highest BCUT2D eigenvalue weighted by Crippen LogP contribution is 2.14. The Morgan fingerprint density at radius 2 is 1.92 bits per heavy atom. The van der Waals surface area contributed by atoms with Gasteiger partial charge in [-0.15, -0.1) is 0 Å². The summed E-state index contributed by atoms with van der Waals surface area (Å²) in [5.74, 6) is -1.73. The average Bonchev–Trinajstić information content (AvgIpc) is 2.60. The number of nitrogens with zero attached hydrogens (tertiary/aromatic N) is 2. The van der Waals surface area contributed by atoms with Gasteiger partial charge in [0.15, 0.2) is 0 Å². The van der Waals surface area contributed by atoms with Crippen molar-refractivity contribution in [2.24, 2.45) is 5.92 Å². The van der Waals surface area contributed by atoms with Gasteiger partial charge in [-0.3, -0.25) is 14.5 Å². The fraction of sp³-hybridized carbons (Fsp3) is 0.556. The first-order valence-corrected chi connectivity index (χ1v) is 8.37. The summed E-state index contributed by atoms with van der Waals surface area (Å²) in [5.41, 5.74) is 0.939. The molecule has 24 heavy (non-hydrogen) atoms. The topological polar surface area (TPSA) is 70.1 Å². The van der Waals surface area contributed by atoms with Crippen LogP contribution in [0, 0.1) is 5.92 Å². The van der Waals surface area contributed by atoms with Gasteiger partial charge in [-0.25, -0.2) is 0 Å². The summed E-state index contributed by atoms with van der Waals surface area (Å²) < 4.78 is 5.30. The smallest absolute Gasteiger partial charge is 0.307 e. The van der Waals surface area contributed by atoms with Crippen LogP contribution in [0.5, 0.6) is 0 Å². The van der Waals surface area contributed by atoms with E-state index in [1.54, 1.807) is 11.9 Å². The molecule has 0 saturated carbocycles. The number of benzene rings is 1. The highest BCUT2D eigenvalue weighted by Gasteiger charge is 2.23. The number of carbonyl (C=O) groups is 2. The number of carboxylic acid groups (broad SMARTS) is 1. The largest absolute Gasteiger partial charge is 0.481 e. The molecule has 1 atom stereocenters. The molecular formula is C18H26N2O4. The number of rotatable bonds is 8. The molecule has 1 unspecified atom stereocenters. The van der Waals surface area contributed by atoms with Crippen molar-refractivity contribution in [3.63, 3.8) is 0 Å². The Morgan fingerprint density at radius 1 is 1.25 bits per heavy atom. The van der Waals surface area contributed by atoms with E-state index in [4.69, 9.17) is 4.74 Å². The van der Waals surface area contributed by atoms with Crippen LogP contribution in [0.3, 0.4) is 0 Å². The number of likely N-dealkylation sites (N-methyl/N-ethyl adjacent to an activating group) is 1. The zero-order valence-electron chi connectivity index (χ0n) is 14.2. The first-order valence-electron chi connectivity index (χ1n) is 8.37. The lowest BCUT2D eigenvalue weighted by molar-refractivity contribution is -0.145. The maximum absolute atomic E-state index is 12.3. The predicted octanol–water partition coefficient (Wildman–Crippen LogP) is 1.11.